The SMILES string of the molecule is Cc1nnc(-c2cc(Oc3cc(-c4nnc(C)c5cc(-c6ccc(CC(C)(C)C)cc6)oc45)cc4ccccc34)c3ccccc3c2)c2oc(-c3ccc(CC(C)(C)C)cc3)cc12. The van der Waals surface area contributed by atoms with E-state index >= 15 is 0 Å². The Morgan fingerprint density at radius 2 is 0.825 bits per heavy atom. The van der Waals surface area contributed by atoms with Crippen molar-refractivity contribution in [2.24, 2.45) is 10.8 Å². The predicted octanol–water partition coefficient (Wildman–Crippen LogP) is 15.3. The summed E-state index contributed by atoms with van der Waals surface area (Å²) >= 11 is 0. The van der Waals surface area contributed by atoms with E-state index in [-0.39, 0.29) is 10.8 Å². The van der Waals surface area contributed by atoms with Gasteiger partial charge in [-0.3, -0.25) is 0 Å². The van der Waals surface area contributed by atoms with Crippen LogP contribution in [-0.4, -0.2) is 20.4 Å². The molecule has 0 atom stereocenters. The third kappa shape index (κ3) is 7.96. The van der Waals surface area contributed by atoms with Gasteiger partial charge in [0.15, 0.2) is 11.2 Å². The van der Waals surface area contributed by atoms with Crippen LogP contribution in [0.3, 0.4) is 0 Å². The Kier molecular flexibility index (Phi) is 9.74. The fourth-order valence-corrected chi connectivity index (χ4v) is 8.69. The van der Waals surface area contributed by atoms with Crippen molar-refractivity contribution in [3.05, 3.63) is 156 Å². The molecule has 0 spiro atoms. The monoisotopic (exact) mass is 826 g/mol. The molecule has 0 aliphatic carbocycles. The second-order valence-electron chi connectivity index (χ2n) is 19.3. The first-order valence-electron chi connectivity index (χ1n) is 21.7. The molecular formula is C56H50N4O3. The van der Waals surface area contributed by atoms with Gasteiger partial charge in [0.05, 0.1) is 11.4 Å². The Labute approximate surface area is 367 Å². The number of nitrogens with zero attached hydrogens (tertiary/aromatic N) is 4. The smallest absolute Gasteiger partial charge is 0.164 e. The minimum absolute atomic E-state index is 0.204. The van der Waals surface area contributed by atoms with Gasteiger partial charge < -0.3 is 13.6 Å². The number of fused-ring (bicyclic) bond motifs is 4. The topological polar surface area (TPSA) is 87.1 Å². The molecule has 10 aromatic rings. The van der Waals surface area contributed by atoms with E-state index in [1.165, 1.54) is 11.1 Å². The summed E-state index contributed by atoms with van der Waals surface area (Å²) in [5.41, 5.74) is 11.0. The van der Waals surface area contributed by atoms with Gasteiger partial charge in [-0.15, -0.1) is 10.2 Å². The van der Waals surface area contributed by atoms with Gasteiger partial charge in [0.25, 0.3) is 0 Å². The fraction of sp³-hybridized carbons (Fsp3) is 0.214. The number of aromatic nitrogens is 4. The zero-order chi connectivity index (χ0) is 43.6. The predicted molar refractivity (Wildman–Crippen MR) is 256 cm³/mol. The van der Waals surface area contributed by atoms with Crippen molar-refractivity contribution in [1.29, 1.82) is 0 Å². The Morgan fingerprint density at radius 1 is 0.429 bits per heavy atom. The maximum absolute atomic E-state index is 7.08. The van der Waals surface area contributed by atoms with Crippen molar-refractivity contribution < 1.29 is 13.6 Å². The standard InChI is InChI=1S/C56H50N4O3/c1-33-45-29-47(37-21-17-35(18-22-37)31-55(3,4)5)62-53(45)51(59-57-33)41-25-39-13-9-11-15-43(39)49(27-41)61-50-28-42(26-40-14-10-12-16-44(40)50)52-54-46(34(2)58-60-52)30-48(63-54)38-23-19-36(20-24-38)32-56(6,7)8/h9-30H,31-32H2,1-8H3. The van der Waals surface area contributed by atoms with E-state index in [1.54, 1.807) is 0 Å². The van der Waals surface area contributed by atoms with E-state index < -0.39 is 0 Å². The van der Waals surface area contributed by atoms with Gasteiger partial charge in [0, 0.05) is 43.8 Å². The van der Waals surface area contributed by atoms with Gasteiger partial charge in [0.2, 0.25) is 0 Å². The van der Waals surface area contributed by atoms with Crippen LogP contribution in [0.25, 0.3) is 88.6 Å². The maximum atomic E-state index is 7.08. The van der Waals surface area contributed by atoms with Crippen LogP contribution in [-0.2, 0) is 12.8 Å². The molecule has 10 rings (SSSR count). The molecule has 63 heavy (non-hydrogen) atoms. The Balaban J connectivity index is 1.06. The molecule has 0 bridgehead atoms. The molecule has 4 aromatic heterocycles. The lowest BCUT2D eigenvalue weighted by Crippen LogP contribution is -2.08. The van der Waals surface area contributed by atoms with Crippen LogP contribution in [0.4, 0.5) is 0 Å². The highest BCUT2D eigenvalue weighted by Gasteiger charge is 2.22. The molecule has 0 saturated carbocycles. The summed E-state index contributed by atoms with van der Waals surface area (Å²) in [4.78, 5) is 0. The van der Waals surface area contributed by atoms with Gasteiger partial charge in [-0.1, -0.05) is 139 Å². The van der Waals surface area contributed by atoms with Gasteiger partial charge in [-0.05, 0) is 95.8 Å². The van der Waals surface area contributed by atoms with Crippen molar-refractivity contribution in [1.82, 2.24) is 20.4 Å². The van der Waals surface area contributed by atoms with Crippen LogP contribution in [0.5, 0.6) is 11.5 Å². The second-order valence-corrected chi connectivity index (χ2v) is 19.3. The molecule has 0 aliphatic heterocycles. The Hall–Kier alpha value is -7.12. The van der Waals surface area contributed by atoms with Crippen molar-refractivity contribution >= 4 is 43.5 Å². The highest BCUT2D eigenvalue weighted by molar-refractivity contribution is 6.01. The van der Waals surface area contributed by atoms with E-state index in [1.807, 2.05) is 50.2 Å². The molecule has 0 unspecified atom stereocenters. The van der Waals surface area contributed by atoms with Crippen LogP contribution in [0.2, 0.25) is 0 Å². The van der Waals surface area contributed by atoms with Gasteiger partial charge >= 0.3 is 0 Å². The largest absolute Gasteiger partial charge is 0.456 e. The van der Waals surface area contributed by atoms with Gasteiger partial charge in [0.1, 0.15) is 34.4 Å². The molecule has 4 heterocycles. The van der Waals surface area contributed by atoms with Crippen LogP contribution in [0.15, 0.2) is 142 Å². The second kappa shape index (κ2) is 15.3. The summed E-state index contributed by atoms with van der Waals surface area (Å²) in [5.74, 6) is 2.91. The normalized spacial score (nSPS) is 12.3. The molecule has 312 valence electrons. The van der Waals surface area contributed by atoms with E-state index in [4.69, 9.17) is 23.8 Å². The molecule has 0 radical (unpaired) electrons. The molecule has 0 amide bonds. The van der Waals surface area contributed by atoms with Crippen LogP contribution in [0.1, 0.15) is 64.1 Å². The third-order valence-corrected chi connectivity index (χ3v) is 11.6. The lowest BCUT2D eigenvalue weighted by atomic mass is 9.88. The number of furan rings is 2. The molecule has 7 heteroatoms. The zero-order valence-corrected chi connectivity index (χ0v) is 37.1. The first-order valence-corrected chi connectivity index (χ1v) is 21.7. The van der Waals surface area contributed by atoms with Crippen molar-refractivity contribution in [2.75, 3.05) is 0 Å². The number of rotatable bonds is 8. The molecule has 7 nitrogen and oxygen atoms in total. The summed E-state index contributed by atoms with van der Waals surface area (Å²) in [6.07, 6.45) is 2.00. The zero-order valence-electron chi connectivity index (χ0n) is 37.1. The number of aryl methyl sites for hydroxylation is 2. The summed E-state index contributed by atoms with van der Waals surface area (Å²) < 4.78 is 20.5. The Bertz CT molecular complexity index is 3120. The summed E-state index contributed by atoms with van der Waals surface area (Å²) in [6.45, 7) is 17.5. The molecule has 0 fully saturated rings. The summed E-state index contributed by atoms with van der Waals surface area (Å²) in [6, 6.07) is 46.3. The van der Waals surface area contributed by atoms with Crippen LogP contribution < -0.4 is 4.74 Å². The highest BCUT2D eigenvalue weighted by atomic mass is 16.5. The van der Waals surface area contributed by atoms with Crippen LogP contribution >= 0.6 is 0 Å². The van der Waals surface area contributed by atoms with E-state index in [9.17, 15) is 0 Å². The van der Waals surface area contributed by atoms with E-state index in [0.717, 1.165) is 90.3 Å². The average Bonchev–Trinajstić information content (AvgIpc) is 3.91. The quantitative estimate of drug-likeness (QED) is 0.151. The van der Waals surface area contributed by atoms with E-state index in [2.05, 4.69) is 149 Å². The summed E-state index contributed by atoms with van der Waals surface area (Å²) in [7, 11) is 0. The van der Waals surface area contributed by atoms with E-state index in [0.29, 0.717) is 34.1 Å². The number of hydrogen-bond donors (Lipinski definition) is 0. The lowest BCUT2D eigenvalue weighted by Gasteiger charge is -2.18. The minimum Gasteiger partial charge on any atom is -0.456 e. The lowest BCUT2D eigenvalue weighted by molar-refractivity contribution is 0.411. The minimum atomic E-state index is 0.204. The van der Waals surface area contributed by atoms with Crippen molar-refractivity contribution in [3.63, 3.8) is 0 Å². The first-order chi connectivity index (χ1) is 30.2. The molecule has 0 saturated heterocycles. The molecule has 0 aliphatic rings. The molecule has 0 N–H and O–H groups in total. The summed E-state index contributed by atoms with van der Waals surface area (Å²) in [5, 5.41) is 24.5. The third-order valence-electron chi connectivity index (χ3n) is 11.6. The first kappa shape index (κ1) is 40.0. The van der Waals surface area contributed by atoms with Crippen molar-refractivity contribution in [3.8, 4) is 56.7 Å². The number of hydrogen-bond acceptors (Lipinski definition) is 7. The van der Waals surface area contributed by atoms with Crippen molar-refractivity contribution in [2.45, 2.75) is 68.2 Å². The number of ether oxygens (including phenoxy) is 1. The molecular weight excluding hydrogens is 777 g/mol. The van der Waals surface area contributed by atoms with Crippen LogP contribution in [0, 0.1) is 24.7 Å². The van der Waals surface area contributed by atoms with Gasteiger partial charge in [-0.2, -0.15) is 10.2 Å². The Morgan fingerprint density at radius 3 is 1.22 bits per heavy atom. The highest BCUT2D eigenvalue weighted by Crippen LogP contribution is 2.43. The molecule has 6 aromatic carbocycles. The average molecular weight is 827 g/mol. The maximum Gasteiger partial charge on any atom is 0.164 e. The number of benzene rings is 6. The fourth-order valence-electron chi connectivity index (χ4n) is 8.69. The van der Waals surface area contributed by atoms with Gasteiger partial charge in [-0.25, -0.2) is 0 Å².